The van der Waals surface area contributed by atoms with E-state index in [1.165, 1.54) is 0 Å². The van der Waals surface area contributed by atoms with Gasteiger partial charge in [0.25, 0.3) is 5.91 Å². The highest BCUT2D eigenvalue weighted by molar-refractivity contribution is 9.10. The number of nitrogens with one attached hydrogen (secondary N) is 2. The Labute approximate surface area is 179 Å². The maximum absolute atomic E-state index is 12.7. The summed E-state index contributed by atoms with van der Waals surface area (Å²) in [4.78, 5) is 12.7. The number of thiocarbonyl (C=S) groups is 1. The fourth-order valence-electron chi connectivity index (χ4n) is 2.33. The van der Waals surface area contributed by atoms with Crippen molar-refractivity contribution in [3.8, 4) is 11.5 Å². The van der Waals surface area contributed by atoms with Crippen LogP contribution in [-0.2, 0) is 0 Å². The highest BCUT2D eigenvalue weighted by atomic mass is 79.9. The number of hydrogen-bond donors (Lipinski definition) is 2. The summed E-state index contributed by atoms with van der Waals surface area (Å²) in [6, 6.07) is 12.7. The van der Waals surface area contributed by atoms with Crippen LogP contribution >= 0.6 is 28.1 Å². The molecule has 0 fully saturated rings. The highest BCUT2D eigenvalue weighted by Crippen LogP contribution is 2.24. The topological polar surface area (TPSA) is 59.6 Å². The van der Waals surface area contributed by atoms with E-state index in [4.69, 9.17) is 21.7 Å². The quantitative estimate of drug-likeness (QED) is 0.526. The maximum atomic E-state index is 12.7. The average molecular weight is 465 g/mol. The van der Waals surface area contributed by atoms with Crippen LogP contribution in [0.4, 0.5) is 5.69 Å². The first-order valence-electron chi connectivity index (χ1n) is 9.13. The second-order valence-corrected chi connectivity index (χ2v) is 7.90. The number of ether oxygens (including phenoxy) is 2. The minimum absolute atomic E-state index is 0.0499. The lowest BCUT2D eigenvalue weighted by atomic mass is 10.2. The Morgan fingerprint density at radius 3 is 2.57 bits per heavy atom. The van der Waals surface area contributed by atoms with Gasteiger partial charge in [-0.25, -0.2) is 0 Å². The Morgan fingerprint density at radius 2 is 1.89 bits per heavy atom. The first kappa shape index (κ1) is 22.2. The van der Waals surface area contributed by atoms with E-state index in [2.05, 4.69) is 33.5 Å². The minimum Gasteiger partial charge on any atom is -0.491 e. The summed E-state index contributed by atoms with van der Waals surface area (Å²) in [5.74, 6) is 0.900. The largest absolute Gasteiger partial charge is 0.491 e. The molecule has 2 N–H and O–H groups in total. The first-order valence-corrected chi connectivity index (χ1v) is 10.3. The second kappa shape index (κ2) is 10.4. The first-order chi connectivity index (χ1) is 13.3. The standard InChI is InChI=1S/C21H25BrN2O3S/c1-5-14(4)27-17-8-6-7-16(12-17)23-21(28)24-20(25)18-11-15(22)9-10-19(18)26-13(2)3/h6-14H,5H2,1-4H3,(H2,23,24,25,28). The Morgan fingerprint density at radius 1 is 1.14 bits per heavy atom. The number of rotatable bonds is 7. The van der Waals surface area contributed by atoms with Gasteiger partial charge in [0.1, 0.15) is 11.5 Å². The number of hydrogen-bond acceptors (Lipinski definition) is 4. The Balaban J connectivity index is 2.06. The van der Waals surface area contributed by atoms with Crippen molar-refractivity contribution in [1.82, 2.24) is 5.32 Å². The summed E-state index contributed by atoms with van der Waals surface area (Å²) >= 11 is 8.68. The molecule has 0 heterocycles. The lowest BCUT2D eigenvalue weighted by Crippen LogP contribution is -2.34. The smallest absolute Gasteiger partial charge is 0.261 e. The van der Waals surface area contributed by atoms with E-state index >= 15 is 0 Å². The minimum atomic E-state index is -0.346. The van der Waals surface area contributed by atoms with Crippen LogP contribution in [0.5, 0.6) is 11.5 Å². The van der Waals surface area contributed by atoms with Gasteiger partial charge >= 0.3 is 0 Å². The predicted molar refractivity (Wildman–Crippen MR) is 120 cm³/mol. The van der Waals surface area contributed by atoms with Crippen molar-refractivity contribution in [1.29, 1.82) is 0 Å². The summed E-state index contributed by atoms with van der Waals surface area (Å²) in [5.41, 5.74) is 1.14. The Hall–Kier alpha value is -2.12. The van der Waals surface area contributed by atoms with E-state index in [1.54, 1.807) is 12.1 Å². The monoisotopic (exact) mass is 464 g/mol. The number of amides is 1. The number of carbonyl (C=O) groups excluding carboxylic acids is 1. The van der Waals surface area contributed by atoms with Gasteiger partial charge in [0.2, 0.25) is 0 Å². The molecule has 2 aromatic rings. The summed E-state index contributed by atoms with van der Waals surface area (Å²) in [5, 5.41) is 5.91. The van der Waals surface area contributed by atoms with Gasteiger partial charge < -0.3 is 14.8 Å². The third-order valence-electron chi connectivity index (χ3n) is 3.78. The third kappa shape index (κ3) is 6.80. The van der Waals surface area contributed by atoms with Crippen molar-refractivity contribution in [2.24, 2.45) is 0 Å². The van der Waals surface area contributed by atoms with E-state index in [1.807, 2.05) is 51.1 Å². The molecule has 0 saturated carbocycles. The fourth-order valence-corrected chi connectivity index (χ4v) is 2.90. The van der Waals surface area contributed by atoms with E-state index in [9.17, 15) is 4.79 Å². The average Bonchev–Trinajstić information content (AvgIpc) is 2.62. The Kier molecular flexibility index (Phi) is 8.26. The van der Waals surface area contributed by atoms with Crippen LogP contribution in [0, 0.1) is 0 Å². The van der Waals surface area contributed by atoms with Crippen molar-refractivity contribution in [2.45, 2.75) is 46.3 Å². The van der Waals surface area contributed by atoms with Gasteiger partial charge in [-0.1, -0.05) is 28.9 Å². The van der Waals surface area contributed by atoms with Crippen LogP contribution < -0.4 is 20.1 Å². The molecule has 0 bridgehead atoms. The molecule has 2 rings (SSSR count). The highest BCUT2D eigenvalue weighted by Gasteiger charge is 2.16. The van der Waals surface area contributed by atoms with Crippen molar-refractivity contribution >= 4 is 44.9 Å². The van der Waals surface area contributed by atoms with Crippen LogP contribution in [0.3, 0.4) is 0 Å². The third-order valence-corrected chi connectivity index (χ3v) is 4.48. The normalized spacial score (nSPS) is 11.6. The van der Waals surface area contributed by atoms with Crippen LogP contribution in [0.2, 0.25) is 0 Å². The maximum Gasteiger partial charge on any atom is 0.261 e. The molecule has 0 spiro atoms. The van der Waals surface area contributed by atoms with Crippen molar-refractivity contribution < 1.29 is 14.3 Å². The molecule has 1 atom stereocenters. The molecule has 0 aliphatic rings. The molecule has 150 valence electrons. The van der Waals surface area contributed by atoms with Gasteiger partial charge in [0, 0.05) is 16.2 Å². The van der Waals surface area contributed by atoms with Crippen molar-refractivity contribution in [3.05, 3.63) is 52.5 Å². The van der Waals surface area contributed by atoms with Gasteiger partial charge in [-0.2, -0.15) is 0 Å². The lowest BCUT2D eigenvalue weighted by Gasteiger charge is -2.16. The van der Waals surface area contributed by atoms with Gasteiger partial charge in [-0.05, 0) is 69.7 Å². The zero-order valence-corrected chi connectivity index (χ0v) is 18.8. The van der Waals surface area contributed by atoms with Gasteiger partial charge in [-0.15, -0.1) is 0 Å². The molecular formula is C21H25BrN2O3S. The van der Waals surface area contributed by atoms with E-state index < -0.39 is 0 Å². The number of anilines is 1. The molecular weight excluding hydrogens is 440 g/mol. The molecule has 1 unspecified atom stereocenters. The molecule has 1 amide bonds. The van der Waals surface area contributed by atoms with Crippen LogP contribution in [0.1, 0.15) is 44.5 Å². The van der Waals surface area contributed by atoms with E-state index in [-0.39, 0.29) is 23.2 Å². The number of halogens is 1. The van der Waals surface area contributed by atoms with E-state index in [0.717, 1.165) is 22.3 Å². The van der Waals surface area contributed by atoms with Crippen LogP contribution in [0.15, 0.2) is 46.9 Å². The summed E-state index contributed by atoms with van der Waals surface area (Å²) in [6.45, 7) is 7.89. The summed E-state index contributed by atoms with van der Waals surface area (Å²) in [7, 11) is 0. The van der Waals surface area contributed by atoms with Crippen LogP contribution in [0.25, 0.3) is 0 Å². The number of benzene rings is 2. The zero-order valence-electron chi connectivity index (χ0n) is 16.4. The van der Waals surface area contributed by atoms with Gasteiger partial charge in [0.15, 0.2) is 5.11 Å². The molecule has 2 aromatic carbocycles. The molecule has 5 nitrogen and oxygen atoms in total. The predicted octanol–water partition coefficient (Wildman–Crippen LogP) is 5.54. The van der Waals surface area contributed by atoms with Crippen molar-refractivity contribution in [3.63, 3.8) is 0 Å². The number of carbonyl (C=O) groups is 1. The molecule has 0 radical (unpaired) electrons. The SMILES string of the molecule is CCC(C)Oc1cccc(NC(=S)NC(=O)c2cc(Br)ccc2OC(C)C)c1. The molecule has 0 saturated heterocycles. The Bertz CT molecular complexity index is 842. The molecule has 0 aromatic heterocycles. The fraction of sp³-hybridized carbons (Fsp3) is 0.333. The molecule has 28 heavy (non-hydrogen) atoms. The summed E-state index contributed by atoms with van der Waals surface area (Å²) in [6.07, 6.45) is 0.989. The van der Waals surface area contributed by atoms with Gasteiger partial charge in [0.05, 0.1) is 17.8 Å². The van der Waals surface area contributed by atoms with E-state index in [0.29, 0.717) is 11.3 Å². The van der Waals surface area contributed by atoms with Gasteiger partial charge in [-0.3, -0.25) is 10.1 Å². The van der Waals surface area contributed by atoms with Crippen molar-refractivity contribution in [2.75, 3.05) is 5.32 Å². The second-order valence-electron chi connectivity index (χ2n) is 6.58. The molecule has 0 aliphatic carbocycles. The zero-order chi connectivity index (χ0) is 20.7. The lowest BCUT2D eigenvalue weighted by molar-refractivity contribution is 0.0972. The molecule has 7 heteroatoms. The van der Waals surface area contributed by atoms with Crippen LogP contribution in [-0.4, -0.2) is 23.2 Å². The molecule has 0 aliphatic heterocycles. The summed E-state index contributed by atoms with van der Waals surface area (Å²) < 4.78 is 12.3.